The first-order valence-corrected chi connectivity index (χ1v) is 15.4. The lowest BCUT2D eigenvalue weighted by molar-refractivity contribution is -0.143. The van der Waals surface area contributed by atoms with Crippen LogP contribution in [0.1, 0.15) is 39.0 Å². The molecule has 2 aromatic carbocycles. The van der Waals surface area contributed by atoms with Gasteiger partial charge < -0.3 is 40.1 Å². The van der Waals surface area contributed by atoms with Crippen molar-refractivity contribution in [3.63, 3.8) is 0 Å². The number of hydroxylamine groups is 2. The molecule has 0 spiro atoms. The second kappa shape index (κ2) is 17.1. The van der Waals surface area contributed by atoms with Gasteiger partial charge in [0.2, 0.25) is 5.91 Å². The van der Waals surface area contributed by atoms with Crippen molar-refractivity contribution < 1.29 is 43.3 Å². The van der Waals surface area contributed by atoms with Gasteiger partial charge in [-0.25, -0.2) is 14.6 Å². The number of amides is 2. The summed E-state index contributed by atoms with van der Waals surface area (Å²) in [6, 6.07) is 14.6. The lowest BCUT2D eigenvalue weighted by atomic mass is 9.99. The molecule has 14 heteroatoms. The Labute approximate surface area is 278 Å². The van der Waals surface area contributed by atoms with Crippen molar-refractivity contribution in [2.45, 2.75) is 52.0 Å². The number of carboxylic acids is 1. The van der Waals surface area contributed by atoms with Gasteiger partial charge in [-0.1, -0.05) is 48.0 Å². The Balaban J connectivity index is 1.30. The second-order valence-corrected chi connectivity index (χ2v) is 11.4. The number of carboxylic acid groups (broad SMARTS) is 1. The summed E-state index contributed by atoms with van der Waals surface area (Å²) in [5, 5.41) is 19.3. The van der Waals surface area contributed by atoms with Crippen LogP contribution in [0.25, 0.3) is 0 Å². The van der Waals surface area contributed by atoms with Gasteiger partial charge in [0.1, 0.15) is 30.8 Å². The van der Waals surface area contributed by atoms with Gasteiger partial charge in [-0.05, 0) is 49.9 Å². The summed E-state index contributed by atoms with van der Waals surface area (Å²) in [4.78, 5) is 59.8. The van der Waals surface area contributed by atoms with E-state index in [2.05, 4.69) is 20.9 Å². The largest absolute Gasteiger partial charge is 0.528 e. The van der Waals surface area contributed by atoms with Gasteiger partial charge in [-0.3, -0.25) is 9.59 Å². The second-order valence-electron chi connectivity index (χ2n) is 11.4. The van der Waals surface area contributed by atoms with Gasteiger partial charge >= 0.3 is 12.1 Å². The first-order chi connectivity index (χ1) is 23.0. The first-order valence-electron chi connectivity index (χ1n) is 15.4. The highest BCUT2D eigenvalue weighted by atomic mass is 16.8. The number of nitrogens with zero attached hydrogens (tertiary/aromatic N) is 2. The maximum Gasteiger partial charge on any atom is 0.528 e. The Bertz CT molecular complexity index is 1560. The van der Waals surface area contributed by atoms with Crippen LogP contribution in [0, 0.1) is 20.8 Å². The Hall–Kier alpha value is -5.21. The lowest BCUT2D eigenvalue weighted by Gasteiger charge is -2.22. The third-order valence-corrected chi connectivity index (χ3v) is 7.66. The Morgan fingerprint density at radius 1 is 1.04 bits per heavy atom. The molecule has 48 heavy (non-hydrogen) atoms. The van der Waals surface area contributed by atoms with Crippen LogP contribution in [-0.4, -0.2) is 90.6 Å². The third kappa shape index (κ3) is 10.4. The van der Waals surface area contributed by atoms with Crippen LogP contribution in [0.2, 0.25) is 0 Å². The van der Waals surface area contributed by atoms with E-state index in [1.807, 2.05) is 49.4 Å². The number of methoxy groups -OCH3 is 1. The summed E-state index contributed by atoms with van der Waals surface area (Å²) >= 11 is 0. The van der Waals surface area contributed by atoms with Crippen molar-refractivity contribution in [2.75, 3.05) is 38.7 Å². The number of aryl methyl sites for hydroxylation is 3. The first kappa shape index (κ1) is 35.6. The zero-order valence-electron chi connectivity index (χ0n) is 27.4. The predicted molar refractivity (Wildman–Crippen MR) is 174 cm³/mol. The van der Waals surface area contributed by atoms with Crippen LogP contribution >= 0.6 is 0 Å². The minimum Gasteiger partial charge on any atom is -0.497 e. The van der Waals surface area contributed by atoms with Crippen molar-refractivity contribution >= 4 is 29.8 Å². The summed E-state index contributed by atoms with van der Waals surface area (Å²) in [5.41, 5.74) is 3.62. The molecule has 14 nitrogen and oxygen atoms in total. The molecule has 1 aliphatic rings. The summed E-state index contributed by atoms with van der Waals surface area (Å²) in [6.45, 7) is 5.24. The van der Waals surface area contributed by atoms with Crippen molar-refractivity contribution in [1.82, 2.24) is 20.7 Å². The zero-order chi connectivity index (χ0) is 34.6. The van der Waals surface area contributed by atoms with E-state index in [1.165, 1.54) is 5.06 Å². The number of carbonyl (C=O) groups is 4. The van der Waals surface area contributed by atoms with Crippen LogP contribution in [0.15, 0.2) is 60.8 Å². The van der Waals surface area contributed by atoms with Crippen molar-refractivity contribution in [3.8, 4) is 5.75 Å². The average Bonchev–Trinajstić information content (AvgIpc) is 3.44. The molecule has 256 valence electrons. The highest BCUT2D eigenvalue weighted by molar-refractivity contribution is 5.99. The Morgan fingerprint density at radius 2 is 1.77 bits per heavy atom. The number of benzene rings is 2. The Morgan fingerprint density at radius 3 is 2.46 bits per heavy atom. The number of anilines is 1. The van der Waals surface area contributed by atoms with Gasteiger partial charge in [0.05, 0.1) is 25.8 Å². The normalized spacial score (nSPS) is 16.4. The molecule has 2 heterocycles. The maximum atomic E-state index is 12.9. The van der Waals surface area contributed by atoms with E-state index < -0.39 is 36.1 Å². The molecule has 0 saturated carbocycles. The van der Waals surface area contributed by atoms with Crippen molar-refractivity contribution in [2.24, 2.45) is 0 Å². The van der Waals surface area contributed by atoms with Gasteiger partial charge in [-0.15, -0.1) is 5.06 Å². The van der Waals surface area contributed by atoms with E-state index in [9.17, 15) is 24.3 Å². The summed E-state index contributed by atoms with van der Waals surface area (Å²) in [7, 11) is 1.55. The minimum absolute atomic E-state index is 0.0340. The zero-order valence-corrected chi connectivity index (χ0v) is 27.4. The fraction of sp³-hybridized carbons (Fsp3) is 0.382. The van der Waals surface area contributed by atoms with Gasteiger partial charge in [-0.2, -0.15) is 0 Å². The maximum absolute atomic E-state index is 12.9. The number of hydrogen-bond acceptors (Lipinski definition) is 11. The topological polar surface area (TPSA) is 178 Å². The van der Waals surface area contributed by atoms with E-state index in [0.717, 1.165) is 22.3 Å². The molecule has 2 amide bonds. The molecule has 0 aliphatic carbocycles. The van der Waals surface area contributed by atoms with Crippen LogP contribution in [-0.2, 0) is 30.5 Å². The molecular formula is C34H41N5O9. The average molecular weight is 664 g/mol. The van der Waals surface area contributed by atoms with E-state index in [-0.39, 0.29) is 32.3 Å². The predicted octanol–water partition coefficient (Wildman–Crippen LogP) is 3.15. The number of carbonyl (C=O) groups excluding carboxylic acids is 3. The molecule has 1 fully saturated rings. The fourth-order valence-corrected chi connectivity index (χ4v) is 5.39. The quantitative estimate of drug-likeness (QED) is 0.175. The van der Waals surface area contributed by atoms with Crippen LogP contribution in [0.3, 0.4) is 0 Å². The number of ether oxygens (including phenoxy) is 3. The summed E-state index contributed by atoms with van der Waals surface area (Å²) in [5.74, 6) is -1.24. The Kier molecular flexibility index (Phi) is 12.7. The number of aromatic nitrogens is 1. The van der Waals surface area contributed by atoms with E-state index in [1.54, 1.807) is 39.3 Å². The SMILES string of the molecule is COc1ccnc(NCC2CC(OCC(=O)NCC(NC(=O)c3c(C)cc(C)cc3C)C(=O)O)CN2OC(=O)OCc2ccccc2)c1. The van der Waals surface area contributed by atoms with Crippen molar-refractivity contribution in [1.29, 1.82) is 0 Å². The molecular weight excluding hydrogens is 622 g/mol. The van der Waals surface area contributed by atoms with Gasteiger partial charge in [0, 0.05) is 30.9 Å². The number of hydrogen-bond donors (Lipinski definition) is 4. The highest BCUT2D eigenvalue weighted by Crippen LogP contribution is 2.23. The third-order valence-electron chi connectivity index (χ3n) is 7.66. The monoisotopic (exact) mass is 663 g/mol. The van der Waals surface area contributed by atoms with Crippen LogP contribution in [0.5, 0.6) is 5.75 Å². The number of rotatable bonds is 15. The molecule has 0 bridgehead atoms. The molecule has 4 N–H and O–H groups in total. The van der Waals surface area contributed by atoms with Crippen LogP contribution < -0.4 is 20.7 Å². The number of pyridine rings is 1. The lowest BCUT2D eigenvalue weighted by Crippen LogP contribution is -2.49. The fourth-order valence-electron chi connectivity index (χ4n) is 5.39. The molecule has 1 aliphatic heterocycles. The van der Waals surface area contributed by atoms with Gasteiger partial charge in [0.15, 0.2) is 0 Å². The molecule has 0 radical (unpaired) electrons. The van der Waals surface area contributed by atoms with Crippen molar-refractivity contribution in [3.05, 3.63) is 88.6 Å². The number of nitrogens with one attached hydrogen (secondary N) is 3. The van der Waals surface area contributed by atoms with E-state index in [4.69, 9.17) is 19.0 Å². The molecule has 3 aromatic rings. The molecule has 3 atom stereocenters. The minimum atomic E-state index is -1.36. The summed E-state index contributed by atoms with van der Waals surface area (Å²) in [6.07, 6.45) is 0.587. The molecule has 1 saturated heterocycles. The van der Waals surface area contributed by atoms with Gasteiger partial charge in [0.25, 0.3) is 5.91 Å². The standard InChI is InChI=1S/C34H41N5O9/c1-21-12-22(2)31(23(3)13-21)32(41)38-28(33(42)43)17-37-30(40)20-46-27-14-25(16-36-29-15-26(45-4)10-11-35-29)39(18-27)48-34(44)47-19-24-8-6-5-7-9-24/h5-13,15,25,27-28H,14,16-20H2,1-4H3,(H,35,36)(H,37,40)(H,38,41)(H,42,43). The molecule has 3 unspecified atom stereocenters. The van der Waals surface area contributed by atoms with E-state index in [0.29, 0.717) is 30.1 Å². The summed E-state index contributed by atoms with van der Waals surface area (Å²) < 4.78 is 16.4. The molecule has 4 rings (SSSR count). The van der Waals surface area contributed by atoms with E-state index >= 15 is 0 Å². The van der Waals surface area contributed by atoms with Crippen LogP contribution in [0.4, 0.5) is 10.6 Å². The number of aliphatic carboxylic acids is 1. The molecule has 1 aromatic heterocycles. The smallest absolute Gasteiger partial charge is 0.497 e. The highest BCUT2D eigenvalue weighted by Gasteiger charge is 2.36.